The van der Waals surface area contributed by atoms with Crippen LogP contribution in [0.4, 0.5) is 5.69 Å². The van der Waals surface area contributed by atoms with Gasteiger partial charge in [0, 0.05) is 6.04 Å². The zero-order valence-electron chi connectivity index (χ0n) is 15.9. The lowest BCUT2D eigenvalue weighted by Gasteiger charge is -2.17. The van der Waals surface area contributed by atoms with E-state index in [1.807, 2.05) is 45.9 Å². The van der Waals surface area contributed by atoms with Gasteiger partial charge in [0.2, 0.25) is 0 Å². The van der Waals surface area contributed by atoms with Gasteiger partial charge >= 0.3 is 0 Å². The lowest BCUT2D eigenvalue weighted by molar-refractivity contribution is -0.122. The molecule has 0 spiro atoms. The average molecular weight is 354 g/mol. The fraction of sp³-hybridized carbons (Fsp3) is 0.333. The molecule has 0 radical (unpaired) electrons. The Morgan fingerprint density at radius 3 is 2.31 bits per heavy atom. The third-order valence-electron chi connectivity index (χ3n) is 4.01. The summed E-state index contributed by atoms with van der Waals surface area (Å²) in [5.41, 5.74) is 3.16. The number of anilines is 1. The van der Waals surface area contributed by atoms with Gasteiger partial charge in [-0.25, -0.2) is 0 Å². The highest BCUT2D eigenvalue weighted by molar-refractivity contribution is 6.04. The predicted octanol–water partition coefficient (Wildman–Crippen LogP) is 3.85. The molecule has 0 aliphatic carbocycles. The minimum absolute atomic E-state index is 0.0123. The first kappa shape index (κ1) is 19.5. The molecule has 0 aromatic heterocycles. The van der Waals surface area contributed by atoms with E-state index in [-0.39, 0.29) is 17.9 Å². The van der Waals surface area contributed by atoms with Crippen molar-refractivity contribution in [1.82, 2.24) is 5.32 Å². The molecular weight excluding hydrogens is 328 g/mol. The number of hydrogen-bond donors (Lipinski definition) is 2. The number of benzene rings is 2. The lowest BCUT2D eigenvalue weighted by atomic mass is 10.1. The van der Waals surface area contributed by atoms with E-state index >= 15 is 0 Å². The Labute approximate surface area is 154 Å². The Bertz CT molecular complexity index is 800. The highest BCUT2D eigenvalue weighted by atomic mass is 16.5. The van der Waals surface area contributed by atoms with Gasteiger partial charge in [-0.05, 0) is 70.0 Å². The van der Waals surface area contributed by atoms with E-state index in [2.05, 4.69) is 10.6 Å². The largest absolute Gasteiger partial charge is 0.481 e. The summed E-state index contributed by atoms with van der Waals surface area (Å²) in [6, 6.07) is 12.6. The van der Waals surface area contributed by atoms with E-state index in [1.165, 1.54) is 5.56 Å². The highest BCUT2D eigenvalue weighted by Gasteiger charge is 2.19. The molecule has 0 saturated carbocycles. The van der Waals surface area contributed by atoms with Crippen molar-refractivity contribution in [3.05, 3.63) is 59.2 Å². The topological polar surface area (TPSA) is 67.4 Å². The molecule has 2 N–H and O–H groups in total. The number of carbonyl (C=O) groups is 2. The molecule has 138 valence electrons. The highest BCUT2D eigenvalue weighted by Crippen LogP contribution is 2.19. The summed E-state index contributed by atoms with van der Waals surface area (Å²) in [5, 5.41) is 5.62. The number of hydrogen-bond acceptors (Lipinski definition) is 3. The molecule has 26 heavy (non-hydrogen) atoms. The molecule has 1 atom stereocenters. The van der Waals surface area contributed by atoms with E-state index in [1.54, 1.807) is 31.2 Å². The van der Waals surface area contributed by atoms with Gasteiger partial charge in [0.1, 0.15) is 5.75 Å². The molecule has 0 unspecified atom stereocenters. The van der Waals surface area contributed by atoms with Gasteiger partial charge in [0.25, 0.3) is 11.8 Å². The van der Waals surface area contributed by atoms with Crippen molar-refractivity contribution >= 4 is 17.5 Å². The molecule has 0 aliphatic heterocycles. The number of ether oxygens (including phenoxy) is 1. The van der Waals surface area contributed by atoms with Crippen LogP contribution in [0, 0.1) is 13.8 Å². The Kier molecular flexibility index (Phi) is 6.39. The summed E-state index contributed by atoms with van der Waals surface area (Å²) < 4.78 is 5.74. The first-order chi connectivity index (χ1) is 12.3. The standard InChI is InChI=1S/C21H26N2O3/c1-13(2)22-21(25)18-8-6-7-9-19(18)23-20(24)16(5)26-17-11-10-14(3)15(4)12-17/h6-13,16H,1-5H3,(H,22,25)(H,23,24)/t16-/m1/s1. The number of para-hydroxylation sites is 1. The van der Waals surface area contributed by atoms with Gasteiger partial charge < -0.3 is 15.4 Å². The minimum atomic E-state index is -0.696. The van der Waals surface area contributed by atoms with Crippen molar-refractivity contribution in [2.24, 2.45) is 0 Å². The summed E-state index contributed by atoms with van der Waals surface area (Å²) in [4.78, 5) is 24.8. The predicted molar refractivity (Wildman–Crippen MR) is 104 cm³/mol. The van der Waals surface area contributed by atoms with Crippen molar-refractivity contribution in [3.63, 3.8) is 0 Å². The smallest absolute Gasteiger partial charge is 0.265 e. The Morgan fingerprint density at radius 2 is 1.65 bits per heavy atom. The monoisotopic (exact) mass is 354 g/mol. The number of rotatable bonds is 6. The second kappa shape index (κ2) is 8.52. The van der Waals surface area contributed by atoms with Crippen LogP contribution in [0.5, 0.6) is 5.75 Å². The van der Waals surface area contributed by atoms with Gasteiger partial charge in [-0.2, -0.15) is 0 Å². The zero-order chi connectivity index (χ0) is 19.3. The summed E-state index contributed by atoms with van der Waals surface area (Å²) in [5.74, 6) is 0.105. The third-order valence-corrected chi connectivity index (χ3v) is 4.01. The van der Waals surface area contributed by atoms with Crippen LogP contribution in [0.3, 0.4) is 0 Å². The maximum atomic E-state index is 12.5. The maximum Gasteiger partial charge on any atom is 0.265 e. The molecule has 5 heteroatoms. The molecule has 2 aromatic carbocycles. The van der Waals surface area contributed by atoms with Crippen LogP contribution in [-0.4, -0.2) is 24.0 Å². The molecule has 0 saturated heterocycles. The molecule has 2 aromatic rings. The van der Waals surface area contributed by atoms with Crippen molar-refractivity contribution in [2.75, 3.05) is 5.32 Å². The van der Waals surface area contributed by atoms with Crippen LogP contribution in [-0.2, 0) is 4.79 Å². The van der Waals surface area contributed by atoms with E-state index in [0.29, 0.717) is 17.0 Å². The molecule has 0 aliphatic rings. The number of nitrogens with one attached hydrogen (secondary N) is 2. The van der Waals surface area contributed by atoms with Crippen molar-refractivity contribution in [2.45, 2.75) is 46.8 Å². The first-order valence-corrected chi connectivity index (χ1v) is 8.72. The van der Waals surface area contributed by atoms with Crippen LogP contribution >= 0.6 is 0 Å². The molecule has 0 bridgehead atoms. The van der Waals surface area contributed by atoms with Crippen LogP contribution < -0.4 is 15.4 Å². The molecule has 2 amide bonds. The normalized spacial score (nSPS) is 11.8. The summed E-state index contributed by atoms with van der Waals surface area (Å²) >= 11 is 0. The van der Waals surface area contributed by atoms with Gasteiger partial charge in [-0.3, -0.25) is 9.59 Å². The molecular formula is C21H26N2O3. The van der Waals surface area contributed by atoms with Gasteiger partial charge in [0.05, 0.1) is 11.3 Å². The average Bonchev–Trinajstić information content (AvgIpc) is 2.58. The van der Waals surface area contributed by atoms with Crippen LogP contribution in [0.15, 0.2) is 42.5 Å². The van der Waals surface area contributed by atoms with E-state index in [0.717, 1.165) is 5.56 Å². The Hall–Kier alpha value is -2.82. The SMILES string of the molecule is Cc1ccc(O[C@H](C)C(=O)Nc2ccccc2C(=O)NC(C)C)cc1C. The summed E-state index contributed by atoms with van der Waals surface area (Å²) in [6.45, 7) is 9.48. The number of amides is 2. The Balaban J connectivity index is 2.09. The van der Waals surface area contributed by atoms with E-state index < -0.39 is 6.10 Å². The fourth-order valence-corrected chi connectivity index (χ4v) is 2.41. The summed E-state index contributed by atoms with van der Waals surface area (Å²) in [7, 11) is 0. The van der Waals surface area contributed by atoms with Crippen molar-refractivity contribution in [3.8, 4) is 5.75 Å². The number of aryl methyl sites for hydroxylation is 2. The van der Waals surface area contributed by atoms with Crippen LogP contribution in [0.25, 0.3) is 0 Å². The van der Waals surface area contributed by atoms with Gasteiger partial charge in [-0.15, -0.1) is 0 Å². The van der Waals surface area contributed by atoms with E-state index in [9.17, 15) is 9.59 Å². The van der Waals surface area contributed by atoms with E-state index in [4.69, 9.17) is 4.74 Å². The third kappa shape index (κ3) is 5.09. The van der Waals surface area contributed by atoms with Crippen LogP contribution in [0.2, 0.25) is 0 Å². The molecule has 0 fully saturated rings. The molecule has 2 rings (SSSR count). The maximum absolute atomic E-state index is 12.5. The van der Waals surface area contributed by atoms with Crippen molar-refractivity contribution < 1.29 is 14.3 Å². The zero-order valence-corrected chi connectivity index (χ0v) is 15.9. The first-order valence-electron chi connectivity index (χ1n) is 8.72. The summed E-state index contributed by atoms with van der Waals surface area (Å²) in [6.07, 6.45) is -0.696. The van der Waals surface area contributed by atoms with Gasteiger partial charge in [-0.1, -0.05) is 18.2 Å². The Morgan fingerprint density at radius 1 is 0.962 bits per heavy atom. The fourth-order valence-electron chi connectivity index (χ4n) is 2.41. The lowest BCUT2D eigenvalue weighted by Crippen LogP contribution is -2.33. The molecule has 5 nitrogen and oxygen atoms in total. The van der Waals surface area contributed by atoms with Crippen molar-refractivity contribution in [1.29, 1.82) is 0 Å². The second-order valence-electron chi connectivity index (χ2n) is 6.67. The minimum Gasteiger partial charge on any atom is -0.481 e. The molecule has 0 heterocycles. The second-order valence-corrected chi connectivity index (χ2v) is 6.67. The van der Waals surface area contributed by atoms with Gasteiger partial charge in [0.15, 0.2) is 6.10 Å². The quantitative estimate of drug-likeness (QED) is 0.828. The van der Waals surface area contributed by atoms with Crippen LogP contribution in [0.1, 0.15) is 42.3 Å². The number of carbonyl (C=O) groups excluding carboxylic acids is 2.